The second-order valence-electron chi connectivity index (χ2n) is 6.29. The number of carboxylic acid groups (broad SMARTS) is 1. The van der Waals surface area contributed by atoms with Gasteiger partial charge in [0.2, 0.25) is 0 Å². The molecule has 1 rings (SSSR count). The largest absolute Gasteiger partial charge is 0.481 e. The number of carbonyl (C=O) groups is 1. The van der Waals surface area contributed by atoms with Crippen LogP contribution in [0.25, 0.3) is 0 Å². The van der Waals surface area contributed by atoms with Crippen LogP contribution in [0.3, 0.4) is 0 Å². The summed E-state index contributed by atoms with van der Waals surface area (Å²) in [4.78, 5) is 13.1. The molecule has 0 aromatic carbocycles. The monoisotopic (exact) mass is 255 g/mol. The van der Waals surface area contributed by atoms with Crippen LogP contribution in [0.4, 0.5) is 0 Å². The SMILES string of the molecule is CC(C)C1CCC(N(CCC(=O)O)C(C)C)CC1. The Labute approximate surface area is 112 Å². The fourth-order valence-electron chi connectivity index (χ4n) is 3.19. The molecular formula is C15H29NO2. The van der Waals surface area contributed by atoms with Gasteiger partial charge in [0.1, 0.15) is 0 Å². The minimum absolute atomic E-state index is 0.266. The van der Waals surface area contributed by atoms with Gasteiger partial charge < -0.3 is 5.11 Å². The Bertz CT molecular complexity index is 255. The zero-order chi connectivity index (χ0) is 13.7. The zero-order valence-electron chi connectivity index (χ0n) is 12.4. The van der Waals surface area contributed by atoms with E-state index in [1.165, 1.54) is 25.7 Å². The Kier molecular flexibility index (Phi) is 6.13. The maximum Gasteiger partial charge on any atom is 0.304 e. The molecule has 0 radical (unpaired) electrons. The van der Waals surface area contributed by atoms with Crippen LogP contribution in [-0.4, -0.2) is 34.6 Å². The average Bonchev–Trinajstić information content (AvgIpc) is 2.29. The van der Waals surface area contributed by atoms with Gasteiger partial charge in [0, 0.05) is 18.6 Å². The third-order valence-corrected chi connectivity index (χ3v) is 4.40. The minimum atomic E-state index is -0.684. The van der Waals surface area contributed by atoms with Gasteiger partial charge in [0.25, 0.3) is 0 Å². The number of hydrogen-bond donors (Lipinski definition) is 1. The highest BCUT2D eigenvalue weighted by molar-refractivity contribution is 5.66. The Morgan fingerprint density at radius 3 is 2.11 bits per heavy atom. The molecule has 0 aromatic heterocycles. The molecule has 1 aliphatic rings. The van der Waals surface area contributed by atoms with Crippen LogP contribution in [-0.2, 0) is 4.79 Å². The minimum Gasteiger partial charge on any atom is -0.481 e. The van der Waals surface area contributed by atoms with E-state index in [2.05, 4.69) is 32.6 Å². The molecule has 0 spiro atoms. The van der Waals surface area contributed by atoms with E-state index >= 15 is 0 Å². The molecule has 1 aliphatic carbocycles. The van der Waals surface area contributed by atoms with Gasteiger partial charge in [-0.3, -0.25) is 9.69 Å². The van der Waals surface area contributed by atoms with Gasteiger partial charge in [-0.1, -0.05) is 13.8 Å². The molecular weight excluding hydrogens is 226 g/mol. The molecule has 0 saturated heterocycles. The van der Waals surface area contributed by atoms with Gasteiger partial charge in [0.05, 0.1) is 6.42 Å². The van der Waals surface area contributed by atoms with Crippen LogP contribution in [0.5, 0.6) is 0 Å². The van der Waals surface area contributed by atoms with E-state index in [9.17, 15) is 4.79 Å². The Morgan fingerprint density at radius 1 is 1.17 bits per heavy atom. The van der Waals surface area contributed by atoms with Crippen molar-refractivity contribution in [2.24, 2.45) is 11.8 Å². The number of hydrogen-bond acceptors (Lipinski definition) is 2. The van der Waals surface area contributed by atoms with Crippen LogP contribution in [0.1, 0.15) is 59.8 Å². The summed E-state index contributed by atoms with van der Waals surface area (Å²) in [5.74, 6) is 0.976. The molecule has 3 heteroatoms. The van der Waals surface area contributed by atoms with Crippen molar-refractivity contribution in [3.63, 3.8) is 0 Å². The lowest BCUT2D eigenvalue weighted by atomic mass is 9.79. The van der Waals surface area contributed by atoms with E-state index in [1.54, 1.807) is 0 Å². The molecule has 1 fully saturated rings. The van der Waals surface area contributed by atoms with Crippen molar-refractivity contribution in [2.75, 3.05) is 6.54 Å². The summed E-state index contributed by atoms with van der Waals surface area (Å²) < 4.78 is 0. The quantitative estimate of drug-likeness (QED) is 0.791. The van der Waals surface area contributed by atoms with E-state index < -0.39 is 5.97 Å². The average molecular weight is 255 g/mol. The lowest BCUT2D eigenvalue weighted by Gasteiger charge is -2.40. The van der Waals surface area contributed by atoms with E-state index in [0.717, 1.165) is 11.8 Å². The third-order valence-electron chi connectivity index (χ3n) is 4.40. The normalized spacial score (nSPS) is 25.1. The van der Waals surface area contributed by atoms with Crippen LogP contribution >= 0.6 is 0 Å². The van der Waals surface area contributed by atoms with Crippen LogP contribution in [0, 0.1) is 11.8 Å². The summed E-state index contributed by atoms with van der Waals surface area (Å²) in [6.07, 6.45) is 5.35. The molecule has 3 nitrogen and oxygen atoms in total. The molecule has 0 heterocycles. The summed E-state index contributed by atoms with van der Waals surface area (Å²) >= 11 is 0. The Hall–Kier alpha value is -0.570. The molecule has 1 saturated carbocycles. The lowest BCUT2D eigenvalue weighted by molar-refractivity contribution is -0.137. The van der Waals surface area contributed by atoms with Crippen LogP contribution in [0.2, 0.25) is 0 Å². The Morgan fingerprint density at radius 2 is 1.72 bits per heavy atom. The second kappa shape index (κ2) is 7.13. The van der Waals surface area contributed by atoms with E-state index in [4.69, 9.17) is 5.11 Å². The predicted octanol–water partition coefficient (Wildman–Crippen LogP) is 3.39. The van der Waals surface area contributed by atoms with Gasteiger partial charge in [-0.05, 0) is 51.4 Å². The first-order valence-electron chi connectivity index (χ1n) is 7.39. The first-order chi connectivity index (χ1) is 8.41. The number of aliphatic carboxylic acids is 1. The van der Waals surface area contributed by atoms with Crippen molar-refractivity contribution >= 4 is 5.97 Å². The molecule has 0 atom stereocenters. The highest BCUT2D eigenvalue weighted by Crippen LogP contribution is 2.32. The Balaban J connectivity index is 2.47. The fourth-order valence-corrected chi connectivity index (χ4v) is 3.19. The zero-order valence-corrected chi connectivity index (χ0v) is 12.4. The third kappa shape index (κ3) is 4.60. The maximum atomic E-state index is 10.7. The standard InChI is InChI=1S/C15H29NO2/c1-11(2)13-5-7-14(8-6-13)16(12(3)4)10-9-15(17)18/h11-14H,5-10H2,1-4H3,(H,17,18). The molecule has 0 amide bonds. The molecule has 0 aromatic rings. The molecule has 18 heavy (non-hydrogen) atoms. The van der Waals surface area contributed by atoms with Crippen LogP contribution < -0.4 is 0 Å². The summed E-state index contributed by atoms with van der Waals surface area (Å²) in [6.45, 7) is 9.68. The first kappa shape index (κ1) is 15.5. The highest BCUT2D eigenvalue weighted by Gasteiger charge is 2.28. The van der Waals surface area contributed by atoms with Gasteiger partial charge in [-0.15, -0.1) is 0 Å². The predicted molar refractivity (Wildman–Crippen MR) is 74.7 cm³/mol. The smallest absolute Gasteiger partial charge is 0.304 e. The number of nitrogens with zero attached hydrogens (tertiary/aromatic N) is 1. The second-order valence-corrected chi connectivity index (χ2v) is 6.29. The summed E-state index contributed by atoms with van der Waals surface area (Å²) in [7, 11) is 0. The summed E-state index contributed by atoms with van der Waals surface area (Å²) in [5.41, 5.74) is 0. The number of carboxylic acids is 1. The summed E-state index contributed by atoms with van der Waals surface area (Å²) in [6, 6.07) is 1.05. The molecule has 0 aliphatic heterocycles. The summed E-state index contributed by atoms with van der Waals surface area (Å²) in [5, 5.41) is 8.83. The van der Waals surface area contributed by atoms with Gasteiger partial charge in [0.15, 0.2) is 0 Å². The topological polar surface area (TPSA) is 40.5 Å². The molecule has 0 bridgehead atoms. The fraction of sp³-hybridized carbons (Fsp3) is 0.933. The van der Waals surface area contributed by atoms with Gasteiger partial charge in [-0.25, -0.2) is 0 Å². The first-order valence-corrected chi connectivity index (χ1v) is 7.39. The van der Waals surface area contributed by atoms with Gasteiger partial charge >= 0.3 is 5.97 Å². The van der Waals surface area contributed by atoms with Crippen molar-refractivity contribution in [1.29, 1.82) is 0 Å². The van der Waals surface area contributed by atoms with Crippen molar-refractivity contribution < 1.29 is 9.90 Å². The maximum absolute atomic E-state index is 10.7. The highest BCUT2D eigenvalue weighted by atomic mass is 16.4. The molecule has 0 unspecified atom stereocenters. The lowest BCUT2D eigenvalue weighted by Crippen LogP contribution is -2.43. The molecule has 106 valence electrons. The van der Waals surface area contributed by atoms with Crippen LogP contribution in [0.15, 0.2) is 0 Å². The van der Waals surface area contributed by atoms with E-state index in [-0.39, 0.29) is 6.42 Å². The van der Waals surface area contributed by atoms with Crippen molar-refractivity contribution in [2.45, 2.75) is 71.9 Å². The van der Waals surface area contributed by atoms with Gasteiger partial charge in [-0.2, -0.15) is 0 Å². The van der Waals surface area contributed by atoms with Crippen molar-refractivity contribution in [3.8, 4) is 0 Å². The number of rotatable bonds is 6. The van der Waals surface area contributed by atoms with Crippen molar-refractivity contribution in [3.05, 3.63) is 0 Å². The van der Waals surface area contributed by atoms with E-state index in [1.807, 2.05) is 0 Å². The van der Waals surface area contributed by atoms with E-state index in [0.29, 0.717) is 18.6 Å². The molecule has 1 N–H and O–H groups in total. The van der Waals surface area contributed by atoms with Crippen molar-refractivity contribution in [1.82, 2.24) is 4.90 Å².